The summed E-state index contributed by atoms with van der Waals surface area (Å²) in [5.41, 5.74) is 0. The summed E-state index contributed by atoms with van der Waals surface area (Å²) in [6.45, 7) is 3.88. The van der Waals surface area contributed by atoms with Gasteiger partial charge in [-0.3, -0.25) is 4.79 Å². The van der Waals surface area contributed by atoms with Gasteiger partial charge < -0.3 is 9.84 Å². The van der Waals surface area contributed by atoms with Crippen molar-refractivity contribution in [2.24, 2.45) is 0 Å². The van der Waals surface area contributed by atoms with E-state index in [9.17, 15) is 13.2 Å². The van der Waals surface area contributed by atoms with E-state index in [0.29, 0.717) is 25.9 Å². The second-order valence-corrected chi connectivity index (χ2v) is 6.81. The molecule has 0 aliphatic carbocycles. The number of nitrogens with zero attached hydrogens (tertiary/aromatic N) is 1. The lowest BCUT2D eigenvalue weighted by atomic mass is 10.1. The highest BCUT2D eigenvalue weighted by Crippen LogP contribution is 2.23. The van der Waals surface area contributed by atoms with Gasteiger partial charge in [-0.15, -0.1) is 0 Å². The number of sulfonamides is 1. The minimum absolute atomic E-state index is 0.0909. The molecule has 1 N–H and O–H groups in total. The van der Waals surface area contributed by atoms with E-state index in [1.165, 1.54) is 0 Å². The minimum Gasteiger partial charge on any atom is -0.480 e. The number of carboxylic acids is 1. The molecular weight excluding hydrogens is 258 g/mol. The maximum Gasteiger partial charge on any atom is 0.318 e. The maximum absolute atomic E-state index is 12.4. The van der Waals surface area contributed by atoms with Gasteiger partial charge in [0.05, 0.1) is 11.4 Å². The summed E-state index contributed by atoms with van der Waals surface area (Å²) in [5, 5.41) is 8.27. The Bertz CT molecular complexity index is 381. The SMILES string of the molecule is CCCN(CC(=O)O)S(=O)(=O)C1CCOC(C)C1. The van der Waals surface area contributed by atoms with Gasteiger partial charge in [-0.2, -0.15) is 4.31 Å². The lowest BCUT2D eigenvalue weighted by molar-refractivity contribution is -0.137. The lowest BCUT2D eigenvalue weighted by Crippen LogP contribution is -2.45. The Morgan fingerprint density at radius 1 is 1.50 bits per heavy atom. The van der Waals surface area contributed by atoms with Gasteiger partial charge in [-0.05, 0) is 26.2 Å². The first-order chi connectivity index (χ1) is 8.37. The number of hydrogen-bond donors (Lipinski definition) is 1. The topological polar surface area (TPSA) is 83.9 Å². The van der Waals surface area contributed by atoms with Gasteiger partial charge in [0, 0.05) is 13.2 Å². The van der Waals surface area contributed by atoms with Crippen LogP contribution in [0.1, 0.15) is 33.1 Å². The summed E-state index contributed by atoms with van der Waals surface area (Å²) in [6, 6.07) is 0. The first kappa shape index (κ1) is 15.4. The van der Waals surface area contributed by atoms with Crippen molar-refractivity contribution >= 4 is 16.0 Å². The average molecular weight is 279 g/mol. The molecule has 1 heterocycles. The fraction of sp³-hybridized carbons (Fsp3) is 0.909. The molecule has 1 saturated heterocycles. The zero-order valence-electron chi connectivity index (χ0n) is 10.8. The van der Waals surface area contributed by atoms with Crippen LogP contribution in [-0.2, 0) is 19.6 Å². The lowest BCUT2D eigenvalue weighted by Gasteiger charge is -2.31. The summed E-state index contributed by atoms with van der Waals surface area (Å²) in [4.78, 5) is 10.7. The minimum atomic E-state index is -3.54. The van der Waals surface area contributed by atoms with Gasteiger partial charge in [-0.25, -0.2) is 8.42 Å². The van der Waals surface area contributed by atoms with E-state index in [2.05, 4.69) is 0 Å². The van der Waals surface area contributed by atoms with E-state index in [4.69, 9.17) is 9.84 Å². The van der Waals surface area contributed by atoms with Crippen LogP contribution in [0.25, 0.3) is 0 Å². The zero-order valence-corrected chi connectivity index (χ0v) is 11.6. The molecule has 2 unspecified atom stereocenters. The van der Waals surface area contributed by atoms with Crippen LogP contribution in [0.15, 0.2) is 0 Å². The van der Waals surface area contributed by atoms with Crippen molar-refractivity contribution in [3.63, 3.8) is 0 Å². The predicted octanol–water partition coefficient (Wildman–Crippen LogP) is 0.680. The van der Waals surface area contributed by atoms with Crippen molar-refractivity contribution in [1.82, 2.24) is 4.31 Å². The smallest absolute Gasteiger partial charge is 0.318 e. The second-order valence-electron chi connectivity index (χ2n) is 4.60. The summed E-state index contributed by atoms with van der Waals surface area (Å²) in [6.07, 6.45) is 1.38. The fourth-order valence-electron chi connectivity index (χ4n) is 2.13. The molecule has 6 nitrogen and oxygen atoms in total. The third-order valence-electron chi connectivity index (χ3n) is 3.00. The number of carbonyl (C=O) groups is 1. The van der Waals surface area contributed by atoms with E-state index in [1.807, 2.05) is 13.8 Å². The third kappa shape index (κ3) is 3.93. The van der Waals surface area contributed by atoms with Crippen molar-refractivity contribution in [2.45, 2.75) is 44.5 Å². The molecule has 0 aromatic carbocycles. The molecule has 1 aliphatic rings. The van der Waals surface area contributed by atoms with E-state index in [-0.39, 0.29) is 12.6 Å². The number of carboxylic acid groups (broad SMARTS) is 1. The number of aliphatic carboxylic acids is 1. The first-order valence-corrected chi connectivity index (χ1v) is 7.70. The summed E-state index contributed by atoms with van der Waals surface area (Å²) < 4.78 is 31.1. The molecular formula is C11H21NO5S. The Hall–Kier alpha value is -0.660. The van der Waals surface area contributed by atoms with Crippen LogP contribution in [0.3, 0.4) is 0 Å². The van der Waals surface area contributed by atoms with Gasteiger partial charge in [0.25, 0.3) is 0 Å². The first-order valence-electron chi connectivity index (χ1n) is 6.20. The second kappa shape index (κ2) is 6.49. The number of rotatable bonds is 6. The molecule has 0 spiro atoms. The van der Waals surface area contributed by atoms with Gasteiger partial charge in [0.1, 0.15) is 6.54 Å². The fourth-order valence-corrected chi connectivity index (χ4v) is 4.19. The molecule has 18 heavy (non-hydrogen) atoms. The monoisotopic (exact) mass is 279 g/mol. The molecule has 0 bridgehead atoms. The van der Waals surface area contributed by atoms with Crippen molar-refractivity contribution in [2.75, 3.05) is 19.7 Å². The Kier molecular flexibility index (Phi) is 5.55. The predicted molar refractivity (Wildman–Crippen MR) is 66.9 cm³/mol. The summed E-state index contributed by atoms with van der Waals surface area (Å²) in [5.74, 6) is -1.12. The summed E-state index contributed by atoms with van der Waals surface area (Å²) in [7, 11) is -3.54. The molecule has 0 saturated carbocycles. The molecule has 0 aromatic heterocycles. The van der Waals surface area contributed by atoms with E-state index in [0.717, 1.165) is 4.31 Å². The Balaban J connectivity index is 2.82. The molecule has 106 valence electrons. The highest BCUT2D eigenvalue weighted by Gasteiger charge is 2.35. The van der Waals surface area contributed by atoms with Crippen LogP contribution in [-0.4, -0.2) is 54.8 Å². The van der Waals surface area contributed by atoms with Gasteiger partial charge in [-0.1, -0.05) is 6.92 Å². The van der Waals surface area contributed by atoms with Crippen molar-refractivity contribution in [3.05, 3.63) is 0 Å². The molecule has 1 aliphatic heterocycles. The zero-order chi connectivity index (χ0) is 13.8. The standard InChI is InChI=1S/C11H21NO5S/c1-3-5-12(8-11(13)14)18(15,16)10-4-6-17-9(2)7-10/h9-10H,3-8H2,1-2H3,(H,13,14). The Labute approximate surface area is 108 Å². The van der Waals surface area contributed by atoms with Crippen LogP contribution in [0.4, 0.5) is 0 Å². The maximum atomic E-state index is 12.4. The quantitative estimate of drug-likeness (QED) is 0.773. The van der Waals surface area contributed by atoms with E-state index < -0.39 is 27.8 Å². The van der Waals surface area contributed by atoms with Crippen LogP contribution in [0, 0.1) is 0 Å². The van der Waals surface area contributed by atoms with E-state index in [1.54, 1.807) is 0 Å². The molecule has 0 radical (unpaired) electrons. The van der Waals surface area contributed by atoms with Gasteiger partial charge in [0.15, 0.2) is 0 Å². The third-order valence-corrected chi connectivity index (χ3v) is 5.30. The molecule has 1 rings (SSSR count). The molecule has 7 heteroatoms. The molecule has 0 amide bonds. The van der Waals surface area contributed by atoms with Crippen LogP contribution < -0.4 is 0 Å². The van der Waals surface area contributed by atoms with Crippen molar-refractivity contribution < 1.29 is 23.1 Å². The summed E-state index contributed by atoms with van der Waals surface area (Å²) >= 11 is 0. The van der Waals surface area contributed by atoms with Crippen molar-refractivity contribution in [1.29, 1.82) is 0 Å². The number of hydrogen-bond acceptors (Lipinski definition) is 4. The molecule has 1 fully saturated rings. The highest BCUT2D eigenvalue weighted by molar-refractivity contribution is 7.89. The van der Waals surface area contributed by atoms with Gasteiger partial charge in [0.2, 0.25) is 10.0 Å². The molecule has 2 atom stereocenters. The van der Waals surface area contributed by atoms with Crippen LogP contribution in [0.2, 0.25) is 0 Å². The normalized spacial score (nSPS) is 25.3. The molecule has 0 aromatic rings. The Morgan fingerprint density at radius 3 is 2.67 bits per heavy atom. The average Bonchev–Trinajstić information content (AvgIpc) is 2.28. The Morgan fingerprint density at radius 2 is 2.17 bits per heavy atom. The highest BCUT2D eigenvalue weighted by atomic mass is 32.2. The van der Waals surface area contributed by atoms with Crippen molar-refractivity contribution in [3.8, 4) is 0 Å². The van der Waals surface area contributed by atoms with Crippen LogP contribution >= 0.6 is 0 Å². The largest absolute Gasteiger partial charge is 0.480 e. The van der Waals surface area contributed by atoms with E-state index >= 15 is 0 Å². The van der Waals surface area contributed by atoms with Crippen LogP contribution in [0.5, 0.6) is 0 Å². The van der Waals surface area contributed by atoms with Gasteiger partial charge >= 0.3 is 5.97 Å². The number of ether oxygens (including phenoxy) is 1.